The number of nitrogens with one attached hydrogen (secondary N) is 1. The van der Waals surface area contributed by atoms with Crippen molar-refractivity contribution in [3.8, 4) is 0 Å². The smallest absolute Gasteiger partial charge is 0.303 e. The summed E-state index contributed by atoms with van der Waals surface area (Å²) >= 11 is 0. The van der Waals surface area contributed by atoms with Crippen molar-refractivity contribution in [1.29, 1.82) is 0 Å². The Balaban J connectivity index is 2.05. The summed E-state index contributed by atoms with van der Waals surface area (Å²) in [7, 11) is 0. The van der Waals surface area contributed by atoms with Crippen LogP contribution in [0.1, 0.15) is 33.2 Å². The Morgan fingerprint density at radius 1 is 1.17 bits per heavy atom. The molecule has 12 heteroatoms. The van der Waals surface area contributed by atoms with Gasteiger partial charge in [0, 0.05) is 26.7 Å². The van der Waals surface area contributed by atoms with Crippen molar-refractivity contribution in [2.24, 2.45) is 5.92 Å². The predicted octanol–water partition coefficient (Wildman–Crippen LogP) is -0.311. The zero-order valence-electron chi connectivity index (χ0n) is 16.1. The van der Waals surface area contributed by atoms with Crippen molar-refractivity contribution >= 4 is 35.0 Å². The van der Waals surface area contributed by atoms with E-state index in [0.717, 1.165) is 0 Å². The number of anilines is 1. The first-order valence-corrected chi connectivity index (χ1v) is 8.87. The average molecular weight is 407 g/mol. The molecule has 0 radical (unpaired) electrons. The summed E-state index contributed by atoms with van der Waals surface area (Å²) in [6.45, 7) is 3.69. The molecule has 29 heavy (non-hydrogen) atoms. The molecule has 0 unspecified atom stereocenters. The molecule has 0 spiro atoms. The average Bonchev–Trinajstić information content (AvgIpc) is 3.15. The van der Waals surface area contributed by atoms with Crippen molar-refractivity contribution in [1.82, 2.24) is 19.5 Å². The minimum absolute atomic E-state index is 0.0374. The number of fused-ring (bicyclic) bond motifs is 1. The molecule has 4 atom stereocenters. The first-order chi connectivity index (χ1) is 13.7. The quantitative estimate of drug-likeness (QED) is 0.495. The summed E-state index contributed by atoms with van der Waals surface area (Å²) in [6.07, 6.45) is -0.0792. The Morgan fingerprint density at radius 3 is 2.45 bits per heavy atom. The number of aromatic amines is 1. The molecule has 1 fully saturated rings. The molecule has 2 aromatic rings. The van der Waals surface area contributed by atoms with Crippen LogP contribution in [-0.4, -0.2) is 56.2 Å². The van der Waals surface area contributed by atoms with Crippen molar-refractivity contribution in [3.63, 3.8) is 0 Å². The highest BCUT2D eigenvalue weighted by atomic mass is 16.6. The van der Waals surface area contributed by atoms with E-state index in [9.17, 15) is 19.2 Å². The molecule has 0 aliphatic heterocycles. The largest absolute Gasteiger partial charge is 0.465 e. The zero-order valence-corrected chi connectivity index (χ0v) is 16.1. The van der Waals surface area contributed by atoms with Gasteiger partial charge in [-0.2, -0.15) is 4.98 Å². The molecule has 0 aromatic carbocycles. The second-order valence-corrected chi connectivity index (χ2v) is 6.79. The van der Waals surface area contributed by atoms with E-state index < -0.39 is 47.6 Å². The number of H-pyrrole nitrogens is 1. The zero-order chi connectivity index (χ0) is 21.3. The summed E-state index contributed by atoms with van der Waals surface area (Å²) in [4.78, 5) is 57.3. The summed E-state index contributed by atoms with van der Waals surface area (Å²) in [5, 5.41) is 0. The first-order valence-electron chi connectivity index (χ1n) is 8.87. The highest BCUT2D eigenvalue weighted by Gasteiger charge is 2.49. The highest BCUT2D eigenvalue weighted by molar-refractivity contribution is 5.71. The maximum absolute atomic E-state index is 12.1. The normalized spacial score (nSPS) is 23.7. The van der Waals surface area contributed by atoms with E-state index in [1.54, 1.807) is 4.57 Å². The molecule has 156 valence electrons. The monoisotopic (exact) mass is 407 g/mol. The lowest BCUT2D eigenvalue weighted by molar-refractivity contribution is -0.168. The Hall–Kier alpha value is -3.44. The molecule has 2 aromatic heterocycles. The van der Waals surface area contributed by atoms with E-state index in [1.807, 2.05) is 0 Å². The second-order valence-electron chi connectivity index (χ2n) is 6.79. The van der Waals surface area contributed by atoms with Gasteiger partial charge in [0.15, 0.2) is 17.3 Å². The van der Waals surface area contributed by atoms with Crippen LogP contribution in [0.2, 0.25) is 0 Å². The number of nitrogen functional groups attached to an aromatic ring is 1. The number of carbonyl (C=O) groups excluding carboxylic acids is 3. The fourth-order valence-electron chi connectivity index (χ4n) is 3.60. The van der Waals surface area contributed by atoms with E-state index in [1.165, 1.54) is 27.1 Å². The Morgan fingerprint density at radius 2 is 1.83 bits per heavy atom. The lowest BCUT2D eigenvalue weighted by atomic mass is 10.1. The minimum Gasteiger partial charge on any atom is -0.465 e. The van der Waals surface area contributed by atoms with E-state index in [2.05, 4.69) is 15.0 Å². The number of carbonyl (C=O) groups is 3. The van der Waals surface area contributed by atoms with Crippen LogP contribution < -0.4 is 11.3 Å². The second kappa shape index (κ2) is 7.89. The molecular weight excluding hydrogens is 386 g/mol. The molecule has 0 saturated heterocycles. The van der Waals surface area contributed by atoms with Crippen LogP contribution in [0.15, 0.2) is 11.1 Å². The van der Waals surface area contributed by atoms with Crippen LogP contribution in [0.4, 0.5) is 5.95 Å². The van der Waals surface area contributed by atoms with Crippen LogP contribution in [-0.2, 0) is 28.6 Å². The number of ether oxygens (including phenoxy) is 3. The van der Waals surface area contributed by atoms with Crippen LogP contribution in [0.5, 0.6) is 0 Å². The van der Waals surface area contributed by atoms with Gasteiger partial charge < -0.3 is 24.5 Å². The van der Waals surface area contributed by atoms with Gasteiger partial charge >= 0.3 is 17.9 Å². The van der Waals surface area contributed by atoms with Gasteiger partial charge in [0.2, 0.25) is 5.95 Å². The van der Waals surface area contributed by atoms with Crippen LogP contribution in [0.3, 0.4) is 0 Å². The minimum atomic E-state index is -0.906. The van der Waals surface area contributed by atoms with Gasteiger partial charge in [-0.3, -0.25) is 24.2 Å². The number of hydrogen-bond donors (Lipinski definition) is 2. The van der Waals surface area contributed by atoms with Crippen LogP contribution in [0, 0.1) is 5.92 Å². The van der Waals surface area contributed by atoms with Crippen molar-refractivity contribution in [2.45, 2.75) is 45.4 Å². The number of esters is 3. The van der Waals surface area contributed by atoms with Gasteiger partial charge in [-0.15, -0.1) is 0 Å². The number of imidazole rings is 1. The molecule has 3 rings (SSSR count). The fourth-order valence-corrected chi connectivity index (χ4v) is 3.60. The summed E-state index contributed by atoms with van der Waals surface area (Å²) in [5.41, 5.74) is 5.40. The maximum atomic E-state index is 12.1. The Kier molecular flexibility index (Phi) is 5.52. The van der Waals surface area contributed by atoms with Crippen LogP contribution >= 0.6 is 0 Å². The summed E-state index contributed by atoms with van der Waals surface area (Å²) < 4.78 is 17.5. The molecule has 12 nitrogen and oxygen atoms in total. The lowest BCUT2D eigenvalue weighted by Gasteiger charge is -2.26. The molecule has 3 N–H and O–H groups in total. The third-order valence-electron chi connectivity index (χ3n) is 4.62. The summed E-state index contributed by atoms with van der Waals surface area (Å²) in [6, 6.07) is -0.581. The molecule has 1 saturated carbocycles. The van der Waals surface area contributed by atoms with E-state index in [4.69, 9.17) is 19.9 Å². The Bertz CT molecular complexity index is 1010. The molecule has 1 aliphatic rings. The van der Waals surface area contributed by atoms with Crippen LogP contribution in [0.25, 0.3) is 11.2 Å². The predicted molar refractivity (Wildman–Crippen MR) is 97.4 cm³/mol. The molecule has 1 aliphatic carbocycles. The molecule has 2 heterocycles. The van der Waals surface area contributed by atoms with Gasteiger partial charge in [-0.1, -0.05) is 0 Å². The van der Waals surface area contributed by atoms with Crippen molar-refractivity contribution in [2.75, 3.05) is 12.3 Å². The number of rotatable bonds is 5. The van der Waals surface area contributed by atoms with Crippen molar-refractivity contribution in [3.05, 3.63) is 16.7 Å². The fraction of sp³-hybridized carbons (Fsp3) is 0.529. The lowest BCUT2D eigenvalue weighted by Crippen LogP contribution is -2.38. The van der Waals surface area contributed by atoms with Gasteiger partial charge in [0.25, 0.3) is 5.56 Å². The number of nitrogens with zero attached hydrogens (tertiary/aromatic N) is 3. The van der Waals surface area contributed by atoms with E-state index in [-0.39, 0.29) is 23.7 Å². The SMILES string of the molecule is CC(=O)OC[C@H]1C[C@@H](n2cnc3c(=O)[nH]c(N)nc32)[C@H](OC(C)=O)[C@H]1OC(C)=O. The van der Waals surface area contributed by atoms with E-state index in [0.29, 0.717) is 6.42 Å². The van der Waals surface area contributed by atoms with Gasteiger partial charge in [-0.05, 0) is 6.42 Å². The number of nitrogens with two attached hydrogens (primary N) is 1. The van der Waals surface area contributed by atoms with Crippen molar-refractivity contribution < 1.29 is 28.6 Å². The number of hydrogen-bond acceptors (Lipinski definition) is 10. The van der Waals surface area contributed by atoms with Gasteiger partial charge in [0.1, 0.15) is 6.10 Å². The summed E-state index contributed by atoms with van der Waals surface area (Å²) in [5.74, 6) is -2.20. The van der Waals surface area contributed by atoms with Gasteiger partial charge in [0.05, 0.1) is 19.0 Å². The third kappa shape index (κ3) is 4.20. The number of aromatic nitrogens is 4. The molecular formula is C17H21N5O7. The first kappa shape index (κ1) is 20.3. The van der Waals surface area contributed by atoms with Gasteiger partial charge in [-0.25, -0.2) is 4.98 Å². The standard InChI is InChI=1S/C17H21N5O7/c1-7(23)27-5-10-4-11(14(29-9(3)25)13(10)28-8(2)24)22-6-19-12-15(22)20-17(18)21-16(12)26/h6,10-11,13-14H,4-5H2,1-3H3,(H3,18,20,21,26)/t10-,11-,13+,14+/m1/s1. The topological polar surface area (TPSA) is 168 Å². The third-order valence-corrected chi connectivity index (χ3v) is 4.62. The Labute approximate surface area is 164 Å². The molecule has 0 bridgehead atoms. The maximum Gasteiger partial charge on any atom is 0.303 e. The highest BCUT2D eigenvalue weighted by Crippen LogP contribution is 2.40. The van der Waals surface area contributed by atoms with E-state index >= 15 is 0 Å². The molecule has 0 amide bonds.